The second kappa shape index (κ2) is 3.08. The van der Waals surface area contributed by atoms with E-state index in [9.17, 15) is 0 Å². The van der Waals surface area contributed by atoms with Gasteiger partial charge in [-0.2, -0.15) is 0 Å². The Bertz CT molecular complexity index is 693. The molecule has 0 saturated carbocycles. The number of para-hydroxylation sites is 1. The molecular weight excluding hydrogens is 196 g/mol. The van der Waals surface area contributed by atoms with E-state index in [1.165, 1.54) is 21.8 Å². The molecule has 0 atom stereocenters. The number of hydrogen-bond donors (Lipinski definition) is 0. The molecule has 0 fully saturated rings. The highest BCUT2D eigenvalue weighted by Gasteiger charge is 2.10. The molecule has 0 bridgehead atoms. The van der Waals surface area contributed by atoms with Gasteiger partial charge in [0.15, 0.2) is 0 Å². The Balaban J connectivity index is 2.67. The number of hydrogen-bond acceptors (Lipinski definition) is 1. The lowest BCUT2D eigenvalue weighted by Crippen LogP contribution is -1.92. The van der Waals surface area contributed by atoms with E-state index < -0.39 is 0 Å². The normalized spacial score (nSPS) is 11.4. The van der Waals surface area contributed by atoms with Crippen LogP contribution in [0, 0.1) is 13.8 Å². The molecule has 0 spiro atoms. The lowest BCUT2D eigenvalue weighted by molar-refractivity contribution is 0.992. The maximum Gasteiger partial charge on any atom is 0.0705 e. The fraction of sp³-hybridized carbons (Fsp3) is 0.214. The summed E-state index contributed by atoms with van der Waals surface area (Å²) in [6.45, 7) is 4.13. The minimum atomic E-state index is 1.08. The summed E-state index contributed by atoms with van der Waals surface area (Å²) in [5, 5.41) is 2.62. The number of aryl methyl sites for hydroxylation is 3. The molecule has 0 radical (unpaired) electrons. The van der Waals surface area contributed by atoms with Crippen molar-refractivity contribution in [2.45, 2.75) is 13.8 Å². The van der Waals surface area contributed by atoms with Crippen LogP contribution in [-0.2, 0) is 7.05 Å². The van der Waals surface area contributed by atoms with E-state index in [0.29, 0.717) is 0 Å². The van der Waals surface area contributed by atoms with Crippen LogP contribution in [0.3, 0.4) is 0 Å². The number of benzene rings is 1. The van der Waals surface area contributed by atoms with E-state index in [1.807, 2.05) is 6.92 Å². The molecule has 80 valence electrons. The summed E-state index contributed by atoms with van der Waals surface area (Å²) in [6.07, 6.45) is 0. The molecule has 0 saturated heterocycles. The number of pyridine rings is 1. The summed E-state index contributed by atoms with van der Waals surface area (Å²) in [5.41, 5.74) is 4.70. The Morgan fingerprint density at radius 1 is 1.06 bits per heavy atom. The molecular formula is C14H14N2. The zero-order valence-corrected chi connectivity index (χ0v) is 9.78. The van der Waals surface area contributed by atoms with Crippen LogP contribution < -0.4 is 0 Å². The third kappa shape index (κ3) is 1.10. The average molecular weight is 210 g/mol. The smallest absolute Gasteiger partial charge is 0.0705 e. The van der Waals surface area contributed by atoms with Gasteiger partial charge in [-0.3, -0.25) is 4.98 Å². The Kier molecular flexibility index (Phi) is 1.81. The van der Waals surface area contributed by atoms with E-state index in [1.54, 1.807) is 0 Å². The molecule has 0 aliphatic heterocycles. The molecule has 3 rings (SSSR count). The molecule has 2 heterocycles. The van der Waals surface area contributed by atoms with Gasteiger partial charge in [0, 0.05) is 29.0 Å². The van der Waals surface area contributed by atoms with Crippen LogP contribution in [0.5, 0.6) is 0 Å². The molecule has 2 aromatic heterocycles. The SMILES string of the molecule is Cc1cc2c3ccccc3n(C)c2c(C)n1. The highest BCUT2D eigenvalue weighted by atomic mass is 15.0. The monoisotopic (exact) mass is 210 g/mol. The highest BCUT2D eigenvalue weighted by molar-refractivity contribution is 6.08. The quantitative estimate of drug-likeness (QED) is 0.556. The van der Waals surface area contributed by atoms with Crippen LogP contribution in [0.1, 0.15) is 11.4 Å². The van der Waals surface area contributed by atoms with Crippen molar-refractivity contribution < 1.29 is 0 Å². The van der Waals surface area contributed by atoms with Crippen LogP contribution in [-0.4, -0.2) is 9.55 Å². The first kappa shape index (κ1) is 9.40. The first-order valence-electron chi connectivity index (χ1n) is 5.50. The molecule has 0 unspecified atom stereocenters. The molecule has 0 N–H and O–H groups in total. The van der Waals surface area contributed by atoms with Crippen LogP contribution in [0.25, 0.3) is 21.8 Å². The van der Waals surface area contributed by atoms with Crippen molar-refractivity contribution >= 4 is 21.8 Å². The lowest BCUT2D eigenvalue weighted by atomic mass is 10.1. The summed E-state index contributed by atoms with van der Waals surface area (Å²) in [7, 11) is 2.11. The van der Waals surface area contributed by atoms with Crippen LogP contribution >= 0.6 is 0 Å². The van der Waals surface area contributed by atoms with Crippen molar-refractivity contribution in [3.05, 3.63) is 41.7 Å². The third-order valence-corrected chi connectivity index (χ3v) is 3.19. The van der Waals surface area contributed by atoms with Crippen LogP contribution in [0.4, 0.5) is 0 Å². The van der Waals surface area contributed by atoms with Gasteiger partial charge in [-0.05, 0) is 26.0 Å². The number of rotatable bonds is 0. The van der Waals surface area contributed by atoms with Crippen molar-refractivity contribution in [1.82, 2.24) is 9.55 Å². The minimum Gasteiger partial charge on any atom is -0.342 e. The molecule has 2 nitrogen and oxygen atoms in total. The number of fused-ring (bicyclic) bond motifs is 3. The second-order valence-electron chi connectivity index (χ2n) is 4.32. The zero-order chi connectivity index (χ0) is 11.3. The fourth-order valence-electron chi connectivity index (χ4n) is 2.56. The summed E-state index contributed by atoms with van der Waals surface area (Å²) < 4.78 is 2.23. The van der Waals surface area contributed by atoms with Gasteiger partial charge in [-0.1, -0.05) is 18.2 Å². The van der Waals surface area contributed by atoms with Gasteiger partial charge in [0.1, 0.15) is 0 Å². The molecule has 0 aliphatic carbocycles. The molecule has 0 amide bonds. The zero-order valence-electron chi connectivity index (χ0n) is 9.78. The van der Waals surface area contributed by atoms with Gasteiger partial charge in [-0.15, -0.1) is 0 Å². The predicted molar refractivity (Wildman–Crippen MR) is 67.7 cm³/mol. The first-order chi connectivity index (χ1) is 7.68. The molecule has 1 aromatic carbocycles. The fourth-order valence-corrected chi connectivity index (χ4v) is 2.56. The third-order valence-electron chi connectivity index (χ3n) is 3.19. The van der Waals surface area contributed by atoms with Gasteiger partial charge in [0.25, 0.3) is 0 Å². The van der Waals surface area contributed by atoms with E-state index in [0.717, 1.165) is 11.4 Å². The van der Waals surface area contributed by atoms with E-state index in [-0.39, 0.29) is 0 Å². The van der Waals surface area contributed by atoms with Gasteiger partial charge < -0.3 is 4.57 Å². The molecule has 16 heavy (non-hydrogen) atoms. The maximum atomic E-state index is 4.54. The lowest BCUT2D eigenvalue weighted by Gasteiger charge is -2.01. The van der Waals surface area contributed by atoms with E-state index >= 15 is 0 Å². The number of nitrogens with zero attached hydrogens (tertiary/aromatic N) is 2. The van der Waals surface area contributed by atoms with Crippen LogP contribution in [0.2, 0.25) is 0 Å². The largest absolute Gasteiger partial charge is 0.342 e. The Labute approximate surface area is 94.5 Å². The van der Waals surface area contributed by atoms with E-state index in [2.05, 4.69) is 53.9 Å². The standard InChI is InChI=1S/C14H14N2/c1-9-8-12-11-6-4-5-7-13(11)16(3)14(12)10(2)15-9/h4-8H,1-3H3. The van der Waals surface area contributed by atoms with Crippen molar-refractivity contribution in [2.75, 3.05) is 0 Å². The summed E-state index contributed by atoms with van der Waals surface area (Å²) in [4.78, 5) is 4.54. The van der Waals surface area contributed by atoms with Gasteiger partial charge in [0.2, 0.25) is 0 Å². The van der Waals surface area contributed by atoms with Gasteiger partial charge in [-0.25, -0.2) is 0 Å². The minimum absolute atomic E-state index is 1.08. The van der Waals surface area contributed by atoms with E-state index in [4.69, 9.17) is 0 Å². The van der Waals surface area contributed by atoms with Crippen molar-refractivity contribution in [1.29, 1.82) is 0 Å². The van der Waals surface area contributed by atoms with Gasteiger partial charge >= 0.3 is 0 Å². The summed E-state index contributed by atoms with van der Waals surface area (Å²) in [6, 6.07) is 10.7. The average Bonchev–Trinajstić information content (AvgIpc) is 2.54. The Morgan fingerprint density at radius 2 is 1.81 bits per heavy atom. The number of aromatic nitrogens is 2. The Hall–Kier alpha value is -1.83. The van der Waals surface area contributed by atoms with Crippen LogP contribution in [0.15, 0.2) is 30.3 Å². The summed E-state index contributed by atoms with van der Waals surface area (Å²) in [5.74, 6) is 0. The molecule has 0 aliphatic rings. The predicted octanol–water partition coefficient (Wildman–Crippen LogP) is 3.34. The second-order valence-corrected chi connectivity index (χ2v) is 4.32. The topological polar surface area (TPSA) is 17.8 Å². The highest BCUT2D eigenvalue weighted by Crippen LogP contribution is 2.29. The molecule has 3 aromatic rings. The van der Waals surface area contributed by atoms with Crippen molar-refractivity contribution in [3.8, 4) is 0 Å². The van der Waals surface area contributed by atoms with Crippen molar-refractivity contribution in [2.24, 2.45) is 7.05 Å². The Morgan fingerprint density at radius 3 is 2.62 bits per heavy atom. The molecule has 2 heteroatoms. The van der Waals surface area contributed by atoms with Crippen molar-refractivity contribution in [3.63, 3.8) is 0 Å². The van der Waals surface area contributed by atoms with Gasteiger partial charge in [0.05, 0.1) is 11.2 Å². The maximum absolute atomic E-state index is 4.54. The first-order valence-corrected chi connectivity index (χ1v) is 5.50. The summed E-state index contributed by atoms with van der Waals surface area (Å²) >= 11 is 0.